The predicted octanol–water partition coefficient (Wildman–Crippen LogP) is 5.06. The van der Waals surface area contributed by atoms with Crippen molar-refractivity contribution in [3.8, 4) is 11.5 Å². The van der Waals surface area contributed by atoms with Crippen LogP contribution >= 0.6 is 0 Å². The summed E-state index contributed by atoms with van der Waals surface area (Å²) in [5.41, 5.74) is 0.764. The summed E-state index contributed by atoms with van der Waals surface area (Å²) in [6.45, 7) is 2.04. The van der Waals surface area contributed by atoms with Crippen LogP contribution in [-0.4, -0.2) is 5.11 Å². The monoisotopic (exact) mass is 282 g/mol. The van der Waals surface area contributed by atoms with Crippen molar-refractivity contribution in [3.63, 3.8) is 0 Å². The van der Waals surface area contributed by atoms with E-state index in [1.807, 2.05) is 61.5 Å². The van der Waals surface area contributed by atoms with Crippen LogP contribution in [0.4, 0.5) is 0 Å². The molecule has 0 aliphatic heterocycles. The van der Waals surface area contributed by atoms with E-state index in [2.05, 4.69) is 0 Å². The summed E-state index contributed by atoms with van der Waals surface area (Å²) in [6.07, 6.45) is 1.08. The summed E-state index contributed by atoms with van der Waals surface area (Å²) in [5.74, 6) is 2.17. The maximum Gasteiger partial charge on any atom is 0.134 e. The lowest BCUT2D eigenvalue weighted by atomic mass is 10.1. The standard InChI is InChI=1S/C18H18O3/c1-2-6-16(19)18-12-13-11-15(9-10-17(13)21-18)20-14-7-4-3-5-8-14/h3-5,7-12,16,19H,2,6H2,1H3. The fourth-order valence-electron chi connectivity index (χ4n) is 2.31. The van der Waals surface area contributed by atoms with Crippen LogP contribution in [0.1, 0.15) is 31.6 Å². The molecular weight excluding hydrogens is 264 g/mol. The molecule has 1 heterocycles. The molecule has 1 atom stereocenters. The van der Waals surface area contributed by atoms with Gasteiger partial charge in [0, 0.05) is 5.39 Å². The molecule has 108 valence electrons. The van der Waals surface area contributed by atoms with Gasteiger partial charge < -0.3 is 14.3 Å². The number of rotatable bonds is 5. The molecule has 2 aromatic carbocycles. The molecule has 0 radical (unpaired) electrons. The first-order valence-electron chi connectivity index (χ1n) is 7.20. The number of aliphatic hydroxyl groups is 1. The molecule has 3 rings (SSSR count). The van der Waals surface area contributed by atoms with Gasteiger partial charge in [0.2, 0.25) is 0 Å². The highest BCUT2D eigenvalue weighted by Crippen LogP contribution is 2.30. The Hall–Kier alpha value is -2.26. The predicted molar refractivity (Wildman–Crippen MR) is 82.6 cm³/mol. The van der Waals surface area contributed by atoms with Crippen molar-refractivity contribution in [1.82, 2.24) is 0 Å². The lowest BCUT2D eigenvalue weighted by Gasteiger charge is -2.04. The average Bonchev–Trinajstić information content (AvgIpc) is 2.92. The van der Waals surface area contributed by atoms with Crippen LogP contribution in [-0.2, 0) is 0 Å². The number of hydrogen-bond donors (Lipinski definition) is 1. The van der Waals surface area contributed by atoms with Gasteiger partial charge in [0.25, 0.3) is 0 Å². The minimum Gasteiger partial charge on any atom is -0.458 e. The van der Waals surface area contributed by atoms with Gasteiger partial charge in [0.05, 0.1) is 0 Å². The van der Waals surface area contributed by atoms with Gasteiger partial charge in [-0.3, -0.25) is 0 Å². The highest BCUT2D eigenvalue weighted by Gasteiger charge is 2.13. The summed E-state index contributed by atoms with van der Waals surface area (Å²) in [7, 11) is 0. The molecule has 21 heavy (non-hydrogen) atoms. The van der Waals surface area contributed by atoms with E-state index in [-0.39, 0.29) is 0 Å². The smallest absolute Gasteiger partial charge is 0.134 e. The van der Waals surface area contributed by atoms with Crippen molar-refractivity contribution in [2.75, 3.05) is 0 Å². The normalized spacial score (nSPS) is 12.5. The molecule has 0 fully saturated rings. The largest absolute Gasteiger partial charge is 0.458 e. The summed E-state index contributed by atoms with van der Waals surface area (Å²) in [5, 5.41) is 10.9. The van der Waals surface area contributed by atoms with Gasteiger partial charge in [-0.2, -0.15) is 0 Å². The lowest BCUT2D eigenvalue weighted by molar-refractivity contribution is 0.141. The second-order valence-electron chi connectivity index (χ2n) is 5.07. The minimum absolute atomic E-state index is 0.541. The van der Waals surface area contributed by atoms with Crippen LogP contribution in [0.5, 0.6) is 11.5 Å². The van der Waals surface area contributed by atoms with Crippen molar-refractivity contribution in [3.05, 3.63) is 60.4 Å². The maximum absolute atomic E-state index is 10.0. The van der Waals surface area contributed by atoms with E-state index in [1.54, 1.807) is 0 Å². The molecule has 3 heteroatoms. The zero-order valence-corrected chi connectivity index (χ0v) is 12.0. The first-order valence-corrected chi connectivity index (χ1v) is 7.20. The van der Waals surface area contributed by atoms with Crippen LogP contribution in [0, 0.1) is 0 Å². The van der Waals surface area contributed by atoms with Crippen LogP contribution in [0.2, 0.25) is 0 Å². The molecule has 0 saturated carbocycles. The number of furan rings is 1. The molecule has 0 saturated heterocycles. The van der Waals surface area contributed by atoms with Gasteiger partial charge in [0.15, 0.2) is 0 Å². The van der Waals surface area contributed by atoms with Crippen LogP contribution < -0.4 is 4.74 Å². The Bertz CT molecular complexity index is 716. The number of hydrogen-bond acceptors (Lipinski definition) is 3. The molecule has 0 bridgehead atoms. The summed E-state index contributed by atoms with van der Waals surface area (Å²) < 4.78 is 11.5. The van der Waals surface area contributed by atoms with Crippen molar-refractivity contribution < 1.29 is 14.3 Å². The minimum atomic E-state index is -0.541. The van der Waals surface area contributed by atoms with E-state index >= 15 is 0 Å². The van der Waals surface area contributed by atoms with Crippen LogP contribution in [0.25, 0.3) is 11.0 Å². The van der Waals surface area contributed by atoms with Crippen molar-refractivity contribution in [1.29, 1.82) is 0 Å². The molecule has 0 aliphatic carbocycles. The van der Waals surface area contributed by atoms with E-state index in [0.29, 0.717) is 12.2 Å². The van der Waals surface area contributed by atoms with Crippen LogP contribution in [0.15, 0.2) is 59.0 Å². The Kier molecular flexibility index (Phi) is 3.93. The van der Waals surface area contributed by atoms with Crippen molar-refractivity contribution in [2.45, 2.75) is 25.9 Å². The first-order chi connectivity index (χ1) is 10.3. The molecule has 3 nitrogen and oxygen atoms in total. The first kappa shape index (κ1) is 13.7. The maximum atomic E-state index is 10.0. The fraction of sp³-hybridized carbons (Fsp3) is 0.222. The second kappa shape index (κ2) is 6.02. The Morgan fingerprint density at radius 3 is 2.62 bits per heavy atom. The average molecular weight is 282 g/mol. The Morgan fingerprint density at radius 1 is 1.05 bits per heavy atom. The van der Waals surface area contributed by atoms with E-state index < -0.39 is 6.10 Å². The second-order valence-corrected chi connectivity index (χ2v) is 5.07. The number of benzene rings is 2. The summed E-state index contributed by atoms with van der Waals surface area (Å²) >= 11 is 0. The molecule has 1 unspecified atom stereocenters. The number of ether oxygens (including phenoxy) is 1. The SMILES string of the molecule is CCCC(O)c1cc2cc(Oc3ccccc3)ccc2o1. The van der Waals surface area contributed by atoms with E-state index in [1.165, 1.54) is 0 Å². The quantitative estimate of drug-likeness (QED) is 0.711. The Labute approximate surface area is 123 Å². The van der Waals surface area contributed by atoms with Gasteiger partial charge >= 0.3 is 0 Å². The molecule has 1 N–H and O–H groups in total. The number of fused-ring (bicyclic) bond motifs is 1. The van der Waals surface area contributed by atoms with E-state index in [4.69, 9.17) is 9.15 Å². The number of aliphatic hydroxyl groups excluding tert-OH is 1. The molecular formula is C18H18O3. The summed E-state index contributed by atoms with van der Waals surface area (Å²) in [4.78, 5) is 0. The van der Waals surface area contributed by atoms with E-state index in [0.717, 1.165) is 28.9 Å². The van der Waals surface area contributed by atoms with Gasteiger partial charge in [-0.1, -0.05) is 31.5 Å². The fourth-order valence-corrected chi connectivity index (χ4v) is 2.31. The van der Waals surface area contributed by atoms with E-state index in [9.17, 15) is 5.11 Å². The molecule has 0 amide bonds. The Balaban J connectivity index is 1.86. The third-order valence-electron chi connectivity index (χ3n) is 3.38. The highest BCUT2D eigenvalue weighted by atomic mass is 16.5. The number of para-hydroxylation sites is 1. The molecule has 0 aliphatic rings. The van der Waals surface area contributed by atoms with Crippen LogP contribution in [0.3, 0.4) is 0 Å². The third-order valence-corrected chi connectivity index (χ3v) is 3.38. The van der Waals surface area contributed by atoms with Crippen molar-refractivity contribution in [2.24, 2.45) is 0 Å². The highest BCUT2D eigenvalue weighted by molar-refractivity contribution is 5.79. The molecule has 3 aromatic rings. The topological polar surface area (TPSA) is 42.6 Å². The Morgan fingerprint density at radius 2 is 1.86 bits per heavy atom. The third kappa shape index (κ3) is 3.09. The van der Waals surface area contributed by atoms with Gasteiger partial charge in [-0.05, 0) is 42.8 Å². The molecule has 0 spiro atoms. The van der Waals surface area contributed by atoms with Gasteiger partial charge in [-0.25, -0.2) is 0 Å². The summed E-state index contributed by atoms with van der Waals surface area (Å²) in [6, 6.07) is 17.2. The van der Waals surface area contributed by atoms with Crippen molar-refractivity contribution >= 4 is 11.0 Å². The zero-order chi connectivity index (χ0) is 14.7. The zero-order valence-electron chi connectivity index (χ0n) is 12.0. The molecule has 1 aromatic heterocycles. The lowest BCUT2D eigenvalue weighted by Crippen LogP contribution is -1.93. The van der Waals surface area contributed by atoms with Gasteiger partial charge in [-0.15, -0.1) is 0 Å². The van der Waals surface area contributed by atoms with Gasteiger partial charge in [0.1, 0.15) is 28.9 Å².